The zero-order valence-electron chi connectivity index (χ0n) is 7.96. The van der Waals surface area contributed by atoms with E-state index in [-0.39, 0.29) is 12.0 Å². The lowest BCUT2D eigenvalue weighted by molar-refractivity contribution is -0.130. The summed E-state index contributed by atoms with van der Waals surface area (Å²) in [6.07, 6.45) is -0.380. The van der Waals surface area contributed by atoms with Crippen molar-refractivity contribution >= 4 is 5.91 Å². The Bertz CT molecular complexity index is 139. The first-order valence-electron chi connectivity index (χ1n) is 4.12. The molecule has 0 spiro atoms. The van der Waals surface area contributed by atoms with Crippen LogP contribution in [-0.4, -0.2) is 32.2 Å². The van der Waals surface area contributed by atoms with E-state index >= 15 is 0 Å². The molecule has 1 amide bonds. The maximum atomic E-state index is 11.1. The van der Waals surface area contributed by atoms with Gasteiger partial charge in [-0.15, -0.1) is 0 Å². The van der Waals surface area contributed by atoms with Crippen molar-refractivity contribution in [3.05, 3.63) is 0 Å². The van der Waals surface area contributed by atoms with Crippen molar-refractivity contribution in [2.24, 2.45) is 11.7 Å². The first kappa shape index (κ1) is 11.4. The summed E-state index contributed by atoms with van der Waals surface area (Å²) in [5, 5.41) is 2.74. The monoisotopic (exact) mass is 174 g/mol. The molecule has 2 unspecified atom stereocenters. The van der Waals surface area contributed by atoms with Crippen LogP contribution < -0.4 is 11.1 Å². The Labute approximate surface area is 73.5 Å². The van der Waals surface area contributed by atoms with Crippen LogP contribution in [0.5, 0.6) is 0 Å². The second-order valence-corrected chi connectivity index (χ2v) is 2.96. The minimum absolute atomic E-state index is 0.0854. The topological polar surface area (TPSA) is 64.3 Å². The number of ether oxygens (including phenoxy) is 1. The number of nitrogens with one attached hydrogen (secondary N) is 1. The molecule has 0 aromatic carbocycles. The summed E-state index contributed by atoms with van der Waals surface area (Å²) < 4.78 is 4.83. The van der Waals surface area contributed by atoms with Crippen LogP contribution in [0.3, 0.4) is 0 Å². The Morgan fingerprint density at radius 1 is 1.58 bits per heavy atom. The van der Waals surface area contributed by atoms with E-state index < -0.39 is 0 Å². The van der Waals surface area contributed by atoms with Crippen molar-refractivity contribution in [3.63, 3.8) is 0 Å². The molecule has 0 aromatic rings. The Morgan fingerprint density at radius 3 is 2.58 bits per heavy atom. The van der Waals surface area contributed by atoms with Crippen LogP contribution in [0, 0.1) is 5.92 Å². The average molecular weight is 174 g/mol. The second-order valence-electron chi connectivity index (χ2n) is 2.96. The van der Waals surface area contributed by atoms with Gasteiger partial charge in [-0.2, -0.15) is 0 Å². The summed E-state index contributed by atoms with van der Waals surface area (Å²) in [5.74, 6) is 0.232. The Kier molecular flexibility index (Phi) is 5.66. The third kappa shape index (κ3) is 4.31. The molecule has 0 saturated heterocycles. The molecule has 0 aliphatic carbocycles. The van der Waals surface area contributed by atoms with Gasteiger partial charge in [0.15, 0.2) is 0 Å². The molecule has 0 heterocycles. The van der Waals surface area contributed by atoms with Gasteiger partial charge in [0.1, 0.15) is 6.10 Å². The summed E-state index contributed by atoms with van der Waals surface area (Å²) in [5.41, 5.74) is 5.38. The van der Waals surface area contributed by atoms with E-state index in [1.807, 2.05) is 6.92 Å². The first-order chi connectivity index (χ1) is 5.61. The number of rotatable bonds is 5. The molecule has 0 aliphatic heterocycles. The third-order valence-electron chi connectivity index (χ3n) is 1.75. The minimum Gasteiger partial charge on any atom is -0.372 e. The summed E-state index contributed by atoms with van der Waals surface area (Å²) in [6, 6.07) is 0. The smallest absolute Gasteiger partial charge is 0.248 e. The fraction of sp³-hybridized carbons (Fsp3) is 0.875. The molecule has 0 aromatic heterocycles. The highest BCUT2D eigenvalue weighted by Crippen LogP contribution is 1.90. The van der Waals surface area contributed by atoms with Gasteiger partial charge in [0.25, 0.3) is 0 Å². The van der Waals surface area contributed by atoms with E-state index in [1.54, 1.807) is 6.92 Å². The predicted molar refractivity (Wildman–Crippen MR) is 47.7 cm³/mol. The largest absolute Gasteiger partial charge is 0.372 e. The lowest BCUT2D eigenvalue weighted by Gasteiger charge is -2.13. The summed E-state index contributed by atoms with van der Waals surface area (Å²) >= 11 is 0. The summed E-state index contributed by atoms with van der Waals surface area (Å²) in [4.78, 5) is 11.1. The van der Waals surface area contributed by atoms with Crippen LogP contribution in [0.1, 0.15) is 13.8 Å². The van der Waals surface area contributed by atoms with Crippen LogP contribution in [0.25, 0.3) is 0 Å². The summed E-state index contributed by atoms with van der Waals surface area (Å²) in [6.45, 7) is 4.89. The Balaban J connectivity index is 3.56. The normalized spacial score (nSPS) is 15.3. The van der Waals surface area contributed by atoms with Gasteiger partial charge in [0.05, 0.1) is 0 Å². The number of nitrogens with two attached hydrogens (primary N) is 1. The van der Waals surface area contributed by atoms with E-state index in [1.165, 1.54) is 7.11 Å². The molecular weight excluding hydrogens is 156 g/mol. The van der Waals surface area contributed by atoms with Crippen molar-refractivity contribution in [1.82, 2.24) is 5.32 Å². The molecular formula is C8H18N2O2. The molecule has 0 saturated carbocycles. The first-order valence-corrected chi connectivity index (χ1v) is 4.12. The molecule has 4 heteroatoms. The quantitative estimate of drug-likeness (QED) is 0.603. The van der Waals surface area contributed by atoms with Crippen LogP contribution >= 0.6 is 0 Å². The van der Waals surface area contributed by atoms with Gasteiger partial charge in [-0.1, -0.05) is 6.92 Å². The maximum Gasteiger partial charge on any atom is 0.248 e. The van der Waals surface area contributed by atoms with Gasteiger partial charge in [-0.3, -0.25) is 4.79 Å². The molecule has 2 atom stereocenters. The van der Waals surface area contributed by atoms with Gasteiger partial charge >= 0.3 is 0 Å². The van der Waals surface area contributed by atoms with Crippen LogP contribution in [0.15, 0.2) is 0 Å². The number of methoxy groups -OCH3 is 1. The minimum atomic E-state index is -0.380. The summed E-state index contributed by atoms with van der Waals surface area (Å²) in [7, 11) is 1.51. The van der Waals surface area contributed by atoms with Gasteiger partial charge in [-0.05, 0) is 19.4 Å². The SMILES string of the molecule is COC(C)C(=O)NCC(C)CN. The van der Waals surface area contributed by atoms with Gasteiger partial charge in [0, 0.05) is 13.7 Å². The van der Waals surface area contributed by atoms with Gasteiger partial charge < -0.3 is 15.8 Å². The maximum absolute atomic E-state index is 11.1. The molecule has 4 nitrogen and oxygen atoms in total. The van der Waals surface area contributed by atoms with Crippen molar-refractivity contribution in [2.75, 3.05) is 20.2 Å². The molecule has 0 bridgehead atoms. The zero-order valence-corrected chi connectivity index (χ0v) is 7.96. The fourth-order valence-electron chi connectivity index (χ4n) is 0.609. The highest BCUT2D eigenvalue weighted by Gasteiger charge is 2.11. The average Bonchev–Trinajstić information content (AvgIpc) is 2.11. The van der Waals surface area contributed by atoms with Crippen molar-refractivity contribution in [1.29, 1.82) is 0 Å². The lowest BCUT2D eigenvalue weighted by atomic mass is 10.2. The van der Waals surface area contributed by atoms with Crippen molar-refractivity contribution in [2.45, 2.75) is 20.0 Å². The van der Waals surface area contributed by atoms with E-state index in [2.05, 4.69) is 5.32 Å². The van der Waals surface area contributed by atoms with Crippen molar-refractivity contribution in [3.8, 4) is 0 Å². The fourth-order valence-corrected chi connectivity index (χ4v) is 0.609. The number of amides is 1. The van der Waals surface area contributed by atoms with E-state index in [0.717, 1.165) is 0 Å². The standard InChI is InChI=1S/C8H18N2O2/c1-6(4-9)5-10-8(11)7(2)12-3/h6-7H,4-5,9H2,1-3H3,(H,10,11). The molecule has 72 valence electrons. The van der Waals surface area contributed by atoms with Crippen molar-refractivity contribution < 1.29 is 9.53 Å². The molecule has 0 radical (unpaired) electrons. The van der Waals surface area contributed by atoms with E-state index in [4.69, 9.17) is 10.5 Å². The molecule has 0 aliphatic rings. The second kappa shape index (κ2) is 5.97. The number of hydrogen-bond acceptors (Lipinski definition) is 3. The molecule has 12 heavy (non-hydrogen) atoms. The number of hydrogen-bond donors (Lipinski definition) is 2. The lowest BCUT2D eigenvalue weighted by Crippen LogP contribution is -2.37. The molecule has 3 N–H and O–H groups in total. The van der Waals surface area contributed by atoms with E-state index in [9.17, 15) is 4.79 Å². The van der Waals surface area contributed by atoms with E-state index in [0.29, 0.717) is 19.0 Å². The number of carbonyl (C=O) groups is 1. The van der Waals surface area contributed by atoms with Crippen LogP contribution in [0.2, 0.25) is 0 Å². The third-order valence-corrected chi connectivity index (χ3v) is 1.75. The van der Waals surface area contributed by atoms with Crippen LogP contribution in [0.4, 0.5) is 0 Å². The Hall–Kier alpha value is -0.610. The highest BCUT2D eigenvalue weighted by molar-refractivity contribution is 5.80. The Morgan fingerprint density at radius 2 is 2.17 bits per heavy atom. The predicted octanol–water partition coefficient (Wildman–Crippen LogP) is -0.268. The van der Waals surface area contributed by atoms with Gasteiger partial charge in [-0.25, -0.2) is 0 Å². The molecule has 0 rings (SSSR count). The molecule has 0 fully saturated rings. The number of carbonyl (C=O) groups excluding carboxylic acids is 1. The van der Waals surface area contributed by atoms with Gasteiger partial charge in [0.2, 0.25) is 5.91 Å². The highest BCUT2D eigenvalue weighted by atomic mass is 16.5. The van der Waals surface area contributed by atoms with Crippen LogP contribution in [-0.2, 0) is 9.53 Å². The zero-order chi connectivity index (χ0) is 9.56.